The summed E-state index contributed by atoms with van der Waals surface area (Å²) in [6, 6.07) is 1.98. The minimum Gasteiger partial charge on any atom is -0.402 e. The van der Waals surface area contributed by atoms with Gasteiger partial charge in [0, 0.05) is 42.6 Å². The van der Waals surface area contributed by atoms with Crippen molar-refractivity contribution < 1.29 is 0 Å². The maximum Gasteiger partial charge on any atom is 0.165 e. The Labute approximate surface area is 159 Å². The first-order valence-electron chi connectivity index (χ1n) is 9.59. The van der Waals surface area contributed by atoms with Crippen molar-refractivity contribution in [2.24, 2.45) is 11.1 Å². The van der Waals surface area contributed by atoms with Gasteiger partial charge in [0.1, 0.15) is 5.82 Å². The number of allylic oxidation sites excluding steroid dienone is 2. The van der Waals surface area contributed by atoms with Crippen molar-refractivity contribution in [2.45, 2.75) is 33.1 Å². The zero-order chi connectivity index (χ0) is 19.0. The molecule has 2 aliphatic heterocycles. The van der Waals surface area contributed by atoms with Crippen molar-refractivity contribution in [1.29, 1.82) is 5.41 Å². The van der Waals surface area contributed by atoms with E-state index in [2.05, 4.69) is 20.2 Å². The molecule has 0 atom stereocenters. The number of hydrogen-bond donors (Lipinski definition) is 3. The molecular formula is C20H27N7. The number of piperidine rings is 1. The van der Waals surface area contributed by atoms with Crippen LogP contribution >= 0.6 is 0 Å². The molecule has 2 fully saturated rings. The number of aromatic nitrogens is 3. The summed E-state index contributed by atoms with van der Waals surface area (Å²) in [7, 11) is 0. The van der Waals surface area contributed by atoms with E-state index in [1.165, 1.54) is 19.3 Å². The van der Waals surface area contributed by atoms with Crippen LogP contribution in [0, 0.1) is 10.8 Å². The normalized spacial score (nSPS) is 20.1. The Hall–Kier alpha value is -2.54. The lowest BCUT2D eigenvalue weighted by atomic mass is 9.78. The standard InChI is InChI=1S/C20H27N7/c1-13(21)17(14(2)22)18-25-16-11-23-7-3-15(16)19(26-18)27-9-5-20(6-10-27)4-8-24-12-20/h3,7,11,21,24H,4-6,8-10,12,22H2,1-2H3/b17-14+,21-13?. The summed E-state index contributed by atoms with van der Waals surface area (Å²) in [5.41, 5.74) is 8.83. The molecule has 4 N–H and O–H groups in total. The van der Waals surface area contributed by atoms with E-state index >= 15 is 0 Å². The Morgan fingerprint density at radius 2 is 2.00 bits per heavy atom. The molecule has 2 aromatic heterocycles. The van der Waals surface area contributed by atoms with Gasteiger partial charge in [0.2, 0.25) is 0 Å². The van der Waals surface area contributed by atoms with Crippen LogP contribution in [0.3, 0.4) is 0 Å². The van der Waals surface area contributed by atoms with E-state index in [0.717, 1.165) is 42.9 Å². The van der Waals surface area contributed by atoms with Gasteiger partial charge in [0.15, 0.2) is 5.82 Å². The van der Waals surface area contributed by atoms with Gasteiger partial charge in [-0.05, 0) is 51.1 Å². The summed E-state index contributed by atoms with van der Waals surface area (Å²) >= 11 is 0. The monoisotopic (exact) mass is 365 g/mol. The van der Waals surface area contributed by atoms with E-state index in [0.29, 0.717) is 28.2 Å². The number of rotatable bonds is 3. The average Bonchev–Trinajstić information content (AvgIpc) is 3.09. The molecule has 4 rings (SSSR count). The number of nitrogens with one attached hydrogen (secondary N) is 2. The van der Waals surface area contributed by atoms with E-state index in [-0.39, 0.29) is 0 Å². The zero-order valence-corrected chi connectivity index (χ0v) is 16.0. The topological polar surface area (TPSA) is 104 Å². The molecule has 2 aliphatic rings. The molecule has 7 nitrogen and oxygen atoms in total. The minimum absolute atomic E-state index is 0.374. The predicted molar refractivity (Wildman–Crippen MR) is 109 cm³/mol. The Morgan fingerprint density at radius 3 is 2.63 bits per heavy atom. The summed E-state index contributed by atoms with van der Waals surface area (Å²) in [5, 5.41) is 12.6. The molecule has 4 heterocycles. The smallest absolute Gasteiger partial charge is 0.165 e. The van der Waals surface area contributed by atoms with Crippen LogP contribution in [0.25, 0.3) is 16.5 Å². The third-order valence-corrected chi connectivity index (χ3v) is 5.93. The predicted octanol–water partition coefficient (Wildman–Crippen LogP) is 2.33. The first-order chi connectivity index (χ1) is 13.0. The molecule has 0 bridgehead atoms. The molecule has 2 aromatic rings. The van der Waals surface area contributed by atoms with Crippen molar-refractivity contribution in [3.63, 3.8) is 0 Å². The average molecular weight is 365 g/mol. The third-order valence-electron chi connectivity index (χ3n) is 5.93. The molecule has 1 spiro atoms. The van der Waals surface area contributed by atoms with E-state index in [1.54, 1.807) is 26.2 Å². The van der Waals surface area contributed by atoms with Crippen LogP contribution in [0.4, 0.5) is 5.82 Å². The summed E-state index contributed by atoms with van der Waals surface area (Å²) in [6.45, 7) is 7.75. The Bertz CT molecular complexity index is 898. The van der Waals surface area contributed by atoms with Crippen molar-refractivity contribution >= 4 is 28.0 Å². The number of pyridine rings is 1. The second-order valence-corrected chi connectivity index (χ2v) is 7.86. The largest absolute Gasteiger partial charge is 0.402 e. The summed E-state index contributed by atoms with van der Waals surface area (Å²) < 4.78 is 0. The molecular weight excluding hydrogens is 338 g/mol. The Kier molecular flexibility index (Phi) is 4.55. The van der Waals surface area contributed by atoms with Crippen LogP contribution < -0.4 is 16.0 Å². The van der Waals surface area contributed by atoms with Crippen LogP contribution in [0.2, 0.25) is 0 Å². The van der Waals surface area contributed by atoms with Crippen molar-refractivity contribution in [3.05, 3.63) is 30.0 Å². The van der Waals surface area contributed by atoms with Crippen LogP contribution in [0.15, 0.2) is 24.2 Å². The van der Waals surface area contributed by atoms with E-state index in [4.69, 9.17) is 16.1 Å². The highest BCUT2D eigenvalue weighted by Gasteiger charge is 2.37. The van der Waals surface area contributed by atoms with Crippen LogP contribution in [0.1, 0.15) is 38.9 Å². The molecule has 7 heteroatoms. The maximum atomic E-state index is 8.10. The van der Waals surface area contributed by atoms with Gasteiger partial charge < -0.3 is 21.4 Å². The highest BCUT2D eigenvalue weighted by molar-refractivity contribution is 6.21. The Morgan fingerprint density at radius 1 is 1.22 bits per heavy atom. The second-order valence-electron chi connectivity index (χ2n) is 7.86. The van der Waals surface area contributed by atoms with Crippen molar-refractivity contribution in [1.82, 2.24) is 20.3 Å². The molecule has 0 aromatic carbocycles. The van der Waals surface area contributed by atoms with Gasteiger partial charge in [-0.3, -0.25) is 4.98 Å². The fourth-order valence-electron chi connectivity index (χ4n) is 4.37. The molecule has 0 radical (unpaired) electrons. The first-order valence-corrected chi connectivity index (χ1v) is 9.59. The van der Waals surface area contributed by atoms with Gasteiger partial charge in [0.25, 0.3) is 0 Å². The maximum absolute atomic E-state index is 8.10. The van der Waals surface area contributed by atoms with Crippen LogP contribution in [-0.4, -0.2) is 46.8 Å². The number of fused-ring (bicyclic) bond motifs is 1. The number of nitrogens with two attached hydrogens (primary N) is 1. The van der Waals surface area contributed by atoms with Gasteiger partial charge in [0.05, 0.1) is 17.3 Å². The van der Waals surface area contributed by atoms with Crippen LogP contribution in [0.5, 0.6) is 0 Å². The van der Waals surface area contributed by atoms with Gasteiger partial charge >= 0.3 is 0 Å². The lowest BCUT2D eigenvalue weighted by molar-refractivity contribution is 0.247. The SMILES string of the molecule is CC(=N)/C(=C(/C)N)c1nc(N2CCC3(CCNC3)CC2)c2ccncc2n1. The molecule has 0 amide bonds. The van der Waals surface area contributed by atoms with E-state index < -0.39 is 0 Å². The van der Waals surface area contributed by atoms with Gasteiger partial charge in [-0.2, -0.15) is 0 Å². The number of hydrogen-bond acceptors (Lipinski definition) is 7. The first kappa shape index (κ1) is 17.9. The molecule has 0 aliphatic carbocycles. The molecule has 27 heavy (non-hydrogen) atoms. The molecule has 142 valence electrons. The zero-order valence-electron chi connectivity index (χ0n) is 16.0. The second kappa shape index (κ2) is 6.88. The lowest BCUT2D eigenvalue weighted by Gasteiger charge is -2.39. The van der Waals surface area contributed by atoms with Crippen LogP contribution in [-0.2, 0) is 0 Å². The number of anilines is 1. The molecule has 0 unspecified atom stereocenters. The van der Waals surface area contributed by atoms with Crippen molar-refractivity contribution in [3.8, 4) is 0 Å². The fourth-order valence-corrected chi connectivity index (χ4v) is 4.37. The highest BCUT2D eigenvalue weighted by Crippen LogP contribution is 2.39. The van der Waals surface area contributed by atoms with Gasteiger partial charge in [-0.1, -0.05) is 0 Å². The van der Waals surface area contributed by atoms with Gasteiger partial charge in [-0.15, -0.1) is 0 Å². The number of nitrogens with zero attached hydrogens (tertiary/aromatic N) is 4. The third kappa shape index (κ3) is 3.27. The minimum atomic E-state index is 0.374. The Balaban J connectivity index is 1.76. The summed E-state index contributed by atoms with van der Waals surface area (Å²) in [5.74, 6) is 1.44. The van der Waals surface area contributed by atoms with Gasteiger partial charge in [-0.25, -0.2) is 9.97 Å². The fraction of sp³-hybridized carbons (Fsp3) is 0.500. The molecule has 0 saturated carbocycles. The van der Waals surface area contributed by atoms with Crippen molar-refractivity contribution in [2.75, 3.05) is 31.1 Å². The highest BCUT2D eigenvalue weighted by atomic mass is 15.2. The lowest BCUT2D eigenvalue weighted by Crippen LogP contribution is -2.41. The summed E-state index contributed by atoms with van der Waals surface area (Å²) in [6.07, 6.45) is 7.17. The quantitative estimate of drug-likeness (QED) is 0.721. The van der Waals surface area contributed by atoms with E-state index in [9.17, 15) is 0 Å². The van der Waals surface area contributed by atoms with E-state index in [1.807, 2.05) is 6.07 Å². The molecule has 2 saturated heterocycles. The summed E-state index contributed by atoms with van der Waals surface area (Å²) in [4.78, 5) is 16.1.